The zero-order valence-electron chi connectivity index (χ0n) is 14.5. The van der Waals surface area contributed by atoms with Gasteiger partial charge in [-0.25, -0.2) is 13.1 Å². The minimum atomic E-state index is -3.68. The molecular weight excluding hydrogens is 368 g/mol. The summed E-state index contributed by atoms with van der Waals surface area (Å²) in [4.78, 5) is 2.27. The summed E-state index contributed by atoms with van der Waals surface area (Å²) in [6.07, 6.45) is 0. The van der Waals surface area contributed by atoms with E-state index in [1.165, 1.54) is 12.1 Å². The summed E-state index contributed by atoms with van der Waals surface area (Å²) in [6, 6.07) is 18.0. The molecule has 0 aromatic heterocycles. The van der Waals surface area contributed by atoms with Gasteiger partial charge in [0.15, 0.2) is 0 Å². The van der Waals surface area contributed by atoms with Gasteiger partial charge >= 0.3 is 0 Å². The molecule has 0 saturated carbocycles. The first kappa shape index (κ1) is 17.5. The van der Waals surface area contributed by atoms with Crippen LogP contribution in [0.3, 0.4) is 0 Å². The van der Waals surface area contributed by atoms with Crippen molar-refractivity contribution in [3.8, 4) is 0 Å². The molecule has 1 aliphatic carbocycles. The largest absolute Gasteiger partial charge is 0.301 e. The summed E-state index contributed by atoms with van der Waals surface area (Å²) in [5.41, 5.74) is 2.15. The van der Waals surface area contributed by atoms with Crippen LogP contribution in [0, 0.1) is 0 Å². The van der Waals surface area contributed by atoms with Gasteiger partial charge in [0, 0.05) is 5.02 Å². The van der Waals surface area contributed by atoms with Crippen LogP contribution >= 0.6 is 11.6 Å². The fourth-order valence-electron chi connectivity index (χ4n) is 3.81. The van der Waals surface area contributed by atoms with E-state index in [0.29, 0.717) is 5.02 Å². The van der Waals surface area contributed by atoms with Crippen molar-refractivity contribution in [2.75, 3.05) is 14.1 Å². The Bertz CT molecular complexity index is 1070. The maximum Gasteiger partial charge on any atom is 0.241 e. The Labute approximate surface area is 158 Å². The topological polar surface area (TPSA) is 49.4 Å². The number of hydrogen-bond acceptors (Lipinski definition) is 3. The fourth-order valence-corrected chi connectivity index (χ4v) is 5.15. The van der Waals surface area contributed by atoms with Gasteiger partial charge in [0.25, 0.3) is 0 Å². The van der Waals surface area contributed by atoms with Crippen LogP contribution in [-0.2, 0) is 10.0 Å². The second kappa shape index (κ2) is 6.35. The lowest BCUT2D eigenvalue weighted by molar-refractivity contribution is 0.258. The number of likely N-dealkylation sites (N-methyl/N-ethyl adjacent to an activating group) is 1. The van der Waals surface area contributed by atoms with Crippen LogP contribution in [0.2, 0.25) is 5.02 Å². The van der Waals surface area contributed by atoms with E-state index in [-0.39, 0.29) is 17.0 Å². The molecule has 134 valence electrons. The molecule has 2 unspecified atom stereocenters. The Hall–Kier alpha value is -1.92. The Balaban J connectivity index is 1.81. The molecule has 26 heavy (non-hydrogen) atoms. The lowest BCUT2D eigenvalue weighted by Crippen LogP contribution is -2.35. The van der Waals surface area contributed by atoms with Gasteiger partial charge in [-0.1, -0.05) is 48.0 Å². The predicted octanol–water partition coefficient (Wildman–Crippen LogP) is 4.13. The lowest BCUT2D eigenvalue weighted by Gasteiger charge is -2.28. The Morgan fingerprint density at radius 3 is 2.15 bits per heavy atom. The van der Waals surface area contributed by atoms with Gasteiger partial charge in [0.05, 0.1) is 17.0 Å². The molecule has 6 heteroatoms. The first-order valence-electron chi connectivity index (χ1n) is 8.34. The Kier molecular flexibility index (Phi) is 4.28. The van der Waals surface area contributed by atoms with Crippen LogP contribution < -0.4 is 4.72 Å². The molecule has 3 aromatic carbocycles. The molecule has 0 fully saturated rings. The fraction of sp³-hybridized carbons (Fsp3) is 0.200. The summed E-state index contributed by atoms with van der Waals surface area (Å²) < 4.78 is 28.8. The minimum Gasteiger partial charge on any atom is -0.301 e. The molecular formula is C20H19ClN2O2S. The van der Waals surface area contributed by atoms with Crippen molar-refractivity contribution in [1.29, 1.82) is 0 Å². The number of nitrogens with one attached hydrogen (secondary N) is 1. The summed E-state index contributed by atoms with van der Waals surface area (Å²) in [5, 5.41) is 2.77. The molecule has 1 aliphatic rings. The summed E-state index contributed by atoms with van der Waals surface area (Å²) in [6.45, 7) is 0. The molecule has 4 nitrogen and oxygen atoms in total. The number of nitrogens with zero attached hydrogens (tertiary/aromatic N) is 1. The molecule has 0 radical (unpaired) electrons. The molecule has 0 amide bonds. The van der Waals surface area contributed by atoms with Crippen molar-refractivity contribution >= 4 is 32.4 Å². The van der Waals surface area contributed by atoms with Gasteiger partial charge in [-0.15, -0.1) is 0 Å². The van der Waals surface area contributed by atoms with Crippen LogP contribution in [0.25, 0.3) is 10.8 Å². The van der Waals surface area contributed by atoms with E-state index in [1.807, 2.05) is 32.3 Å². The summed E-state index contributed by atoms with van der Waals surface area (Å²) >= 11 is 5.89. The highest BCUT2D eigenvalue weighted by Crippen LogP contribution is 2.46. The van der Waals surface area contributed by atoms with Crippen molar-refractivity contribution in [3.63, 3.8) is 0 Å². The highest BCUT2D eigenvalue weighted by atomic mass is 35.5. The highest BCUT2D eigenvalue weighted by Gasteiger charge is 2.38. The minimum absolute atomic E-state index is 0.0711. The standard InChI is InChI=1S/C20H19ClN2O2S/c1-23(2)20-17-8-4-6-13-5-3-7-16(18(13)17)19(20)22-26(24,25)15-11-9-14(21)10-12-15/h3-12,19-20,22H,1-2H3. The number of sulfonamides is 1. The van der Waals surface area contributed by atoms with E-state index in [4.69, 9.17) is 11.6 Å². The molecule has 1 N–H and O–H groups in total. The summed E-state index contributed by atoms with van der Waals surface area (Å²) in [7, 11) is 0.266. The molecule has 0 bridgehead atoms. The lowest BCUT2D eigenvalue weighted by atomic mass is 10.0. The van der Waals surface area contributed by atoms with Gasteiger partial charge in [-0.3, -0.25) is 0 Å². The van der Waals surface area contributed by atoms with Crippen molar-refractivity contribution in [2.24, 2.45) is 0 Å². The third kappa shape index (κ3) is 2.81. The predicted molar refractivity (Wildman–Crippen MR) is 105 cm³/mol. The van der Waals surface area contributed by atoms with Gasteiger partial charge in [0.2, 0.25) is 10.0 Å². The quantitative estimate of drug-likeness (QED) is 0.733. The average molecular weight is 387 g/mol. The van der Waals surface area contributed by atoms with Gasteiger partial charge < -0.3 is 4.90 Å². The van der Waals surface area contributed by atoms with Crippen LogP contribution in [0.5, 0.6) is 0 Å². The molecule has 3 aromatic rings. The number of benzene rings is 3. The third-order valence-electron chi connectivity index (χ3n) is 4.90. The average Bonchev–Trinajstić information content (AvgIpc) is 2.91. The van der Waals surface area contributed by atoms with Crippen LogP contribution in [0.1, 0.15) is 23.2 Å². The molecule has 4 rings (SSSR count). The van der Waals surface area contributed by atoms with Crippen LogP contribution in [0.4, 0.5) is 0 Å². The molecule has 0 aliphatic heterocycles. The van der Waals surface area contributed by atoms with E-state index in [2.05, 4.69) is 27.8 Å². The van der Waals surface area contributed by atoms with E-state index in [0.717, 1.165) is 21.9 Å². The smallest absolute Gasteiger partial charge is 0.241 e. The van der Waals surface area contributed by atoms with Crippen LogP contribution in [-0.4, -0.2) is 27.4 Å². The second-order valence-electron chi connectivity index (χ2n) is 6.75. The zero-order valence-corrected chi connectivity index (χ0v) is 16.1. The second-order valence-corrected chi connectivity index (χ2v) is 8.90. The molecule has 0 heterocycles. The van der Waals surface area contributed by atoms with Crippen LogP contribution in [0.15, 0.2) is 65.6 Å². The van der Waals surface area contributed by atoms with E-state index < -0.39 is 10.0 Å². The van der Waals surface area contributed by atoms with Gasteiger partial charge in [-0.05, 0) is 60.3 Å². The third-order valence-corrected chi connectivity index (χ3v) is 6.61. The molecule has 0 spiro atoms. The van der Waals surface area contributed by atoms with E-state index in [1.54, 1.807) is 12.1 Å². The first-order chi connectivity index (χ1) is 12.4. The number of rotatable bonds is 4. The molecule has 2 atom stereocenters. The van der Waals surface area contributed by atoms with E-state index in [9.17, 15) is 8.42 Å². The van der Waals surface area contributed by atoms with Gasteiger partial charge in [0.1, 0.15) is 0 Å². The van der Waals surface area contributed by atoms with Crippen molar-refractivity contribution < 1.29 is 8.42 Å². The maximum absolute atomic E-state index is 13.0. The Morgan fingerprint density at radius 2 is 1.54 bits per heavy atom. The monoisotopic (exact) mass is 386 g/mol. The van der Waals surface area contributed by atoms with E-state index >= 15 is 0 Å². The number of hydrogen-bond donors (Lipinski definition) is 1. The summed E-state index contributed by atoms with van der Waals surface area (Å²) in [5.74, 6) is 0. The highest BCUT2D eigenvalue weighted by molar-refractivity contribution is 7.89. The SMILES string of the molecule is CN(C)C1c2cccc3cccc(c23)C1NS(=O)(=O)c1ccc(Cl)cc1. The van der Waals surface area contributed by atoms with Crippen molar-refractivity contribution in [2.45, 2.75) is 17.0 Å². The van der Waals surface area contributed by atoms with Gasteiger partial charge in [-0.2, -0.15) is 0 Å². The zero-order chi connectivity index (χ0) is 18.5. The Morgan fingerprint density at radius 1 is 0.923 bits per heavy atom. The molecule has 0 saturated heterocycles. The van der Waals surface area contributed by atoms with Crippen molar-refractivity contribution in [3.05, 3.63) is 76.8 Å². The maximum atomic E-state index is 13.0. The first-order valence-corrected chi connectivity index (χ1v) is 10.2. The normalized spacial score (nSPS) is 19.4. The van der Waals surface area contributed by atoms with Crippen molar-refractivity contribution in [1.82, 2.24) is 9.62 Å². The number of halogens is 1.